The summed E-state index contributed by atoms with van der Waals surface area (Å²) in [6, 6.07) is 22.4. The molecule has 0 radical (unpaired) electrons. The molecule has 0 N–H and O–H groups in total. The van der Waals surface area contributed by atoms with Crippen LogP contribution in [0, 0.1) is 6.92 Å². The highest BCUT2D eigenvalue weighted by Gasteiger charge is 2.13. The molecule has 0 saturated heterocycles. The monoisotopic (exact) mass is 381 g/mol. The zero-order valence-corrected chi connectivity index (χ0v) is 16.7. The maximum atomic E-state index is 6.54. The second-order valence-corrected chi connectivity index (χ2v) is 6.91. The molecule has 0 saturated carbocycles. The van der Waals surface area contributed by atoms with Gasteiger partial charge in [0.15, 0.2) is 0 Å². The lowest BCUT2D eigenvalue weighted by molar-refractivity contribution is 0.414. The number of aryl methyl sites for hydroxylation is 1. The summed E-state index contributed by atoms with van der Waals surface area (Å²) in [5, 5.41) is 0.752. The van der Waals surface area contributed by atoms with Gasteiger partial charge in [0.1, 0.15) is 11.5 Å². The van der Waals surface area contributed by atoms with E-state index in [4.69, 9.17) is 21.1 Å². The Kier molecular flexibility index (Phi) is 6.25. The lowest BCUT2D eigenvalue weighted by atomic mass is 10.1. The van der Waals surface area contributed by atoms with Crippen molar-refractivity contribution in [2.75, 3.05) is 19.1 Å². The third kappa shape index (κ3) is 4.95. The van der Waals surface area contributed by atoms with E-state index in [9.17, 15) is 0 Å². The lowest BCUT2D eigenvalue weighted by Gasteiger charge is -2.27. The first-order valence-electron chi connectivity index (χ1n) is 8.86. The molecule has 0 aliphatic heterocycles. The smallest absolute Gasteiger partial charge is 0.118 e. The van der Waals surface area contributed by atoms with Crippen LogP contribution in [0.3, 0.4) is 0 Å². The summed E-state index contributed by atoms with van der Waals surface area (Å²) in [6.07, 6.45) is 0. The molecule has 0 fully saturated rings. The zero-order valence-electron chi connectivity index (χ0n) is 15.9. The van der Waals surface area contributed by atoms with Crippen molar-refractivity contribution in [2.24, 2.45) is 0 Å². The molecule has 4 heteroatoms. The minimum atomic E-state index is 0.749. The van der Waals surface area contributed by atoms with Crippen LogP contribution in [0.25, 0.3) is 0 Å². The molecule has 3 aromatic rings. The highest BCUT2D eigenvalue weighted by Crippen LogP contribution is 2.30. The fraction of sp³-hybridized carbons (Fsp3) is 0.217. The van der Waals surface area contributed by atoms with Gasteiger partial charge < -0.3 is 14.4 Å². The summed E-state index contributed by atoms with van der Waals surface area (Å²) in [5.41, 5.74) is 4.61. The Bertz CT molecular complexity index is 826. The summed E-state index contributed by atoms with van der Waals surface area (Å²) < 4.78 is 10.5. The highest BCUT2D eigenvalue weighted by atomic mass is 35.5. The van der Waals surface area contributed by atoms with Crippen LogP contribution in [0.5, 0.6) is 11.5 Å². The van der Waals surface area contributed by atoms with Crippen molar-refractivity contribution in [3.8, 4) is 11.5 Å². The van der Waals surface area contributed by atoms with Gasteiger partial charge in [-0.15, -0.1) is 0 Å². The molecule has 0 unspecified atom stereocenters. The predicted octanol–water partition coefficient (Wildman–Crippen LogP) is 5.87. The van der Waals surface area contributed by atoms with Crippen molar-refractivity contribution in [3.05, 3.63) is 88.4 Å². The van der Waals surface area contributed by atoms with Gasteiger partial charge in [0.2, 0.25) is 0 Å². The average molecular weight is 382 g/mol. The molecule has 3 aromatic carbocycles. The van der Waals surface area contributed by atoms with Crippen LogP contribution in [-0.2, 0) is 13.1 Å². The van der Waals surface area contributed by atoms with E-state index in [0.717, 1.165) is 35.3 Å². The molecule has 0 spiro atoms. The van der Waals surface area contributed by atoms with Crippen LogP contribution in [-0.4, -0.2) is 14.2 Å². The van der Waals surface area contributed by atoms with Gasteiger partial charge in [-0.25, -0.2) is 0 Å². The number of methoxy groups -OCH3 is 2. The number of hydrogen-bond acceptors (Lipinski definition) is 3. The van der Waals surface area contributed by atoms with Crippen molar-refractivity contribution < 1.29 is 9.47 Å². The van der Waals surface area contributed by atoms with E-state index in [2.05, 4.69) is 42.2 Å². The number of nitrogens with zero attached hydrogens (tertiary/aromatic N) is 1. The first-order chi connectivity index (χ1) is 13.1. The minimum Gasteiger partial charge on any atom is -0.497 e. The van der Waals surface area contributed by atoms with Crippen molar-refractivity contribution in [2.45, 2.75) is 20.0 Å². The van der Waals surface area contributed by atoms with Gasteiger partial charge in [-0.2, -0.15) is 0 Å². The second-order valence-electron chi connectivity index (χ2n) is 6.51. The predicted molar refractivity (Wildman–Crippen MR) is 112 cm³/mol. The van der Waals surface area contributed by atoms with Crippen LogP contribution in [0.4, 0.5) is 5.69 Å². The minimum absolute atomic E-state index is 0.749. The average Bonchev–Trinajstić information content (AvgIpc) is 2.70. The summed E-state index contributed by atoms with van der Waals surface area (Å²) in [4.78, 5) is 2.29. The zero-order chi connectivity index (χ0) is 19.2. The summed E-state index contributed by atoms with van der Waals surface area (Å²) in [6.45, 7) is 3.58. The van der Waals surface area contributed by atoms with Crippen LogP contribution in [0.2, 0.25) is 5.02 Å². The number of benzene rings is 3. The van der Waals surface area contributed by atoms with Crippen LogP contribution in [0.15, 0.2) is 66.7 Å². The Balaban J connectivity index is 1.90. The molecule has 0 heterocycles. The van der Waals surface area contributed by atoms with Gasteiger partial charge in [-0.05, 0) is 60.0 Å². The van der Waals surface area contributed by atoms with Gasteiger partial charge in [0.25, 0.3) is 0 Å². The van der Waals surface area contributed by atoms with Gasteiger partial charge in [0, 0.05) is 13.1 Å². The second kappa shape index (κ2) is 8.83. The van der Waals surface area contributed by atoms with E-state index < -0.39 is 0 Å². The molecule has 0 aliphatic rings. The number of anilines is 1. The first kappa shape index (κ1) is 19.1. The summed E-state index contributed by atoms with van der Waals surface area (Å²) in [5.74, 6) is 1.71. The summed E-state index contributed by atoms with van der Waals surface area (Å²) >= 11 is 6.54. The van der Waals surface area contributed by atoms with Gasteiger partial charge in [-0.1, -0.05) is 41.9 Å². The highest BCUT2D eigenvalue weighted by molar-refractivity contribution is 6.33. The Morgan fingerprint density at radius 1 is 0.741 bits per heavy atom. The van der Waals surface area contributed by atoms with E-state index in [1.165, 1.54) is 16.7 Å². The molecule has 140 valence electrons. The van der Waals surface area contributed by atoms with Crippen molar-refractivity contribution >= 4 is 17.3 Å². The van der Waals surface area contributed by atoms with Gasteiger partial charge >= 0.3 is 0 Å². The normalized spacial score (nSPS) is 10.5. The van der Waals surface area contributed by atoms with Gasteiger partial charge in [-0.3, -0.25) is 0 Å². The first-order valence-corrected chi connectivity index (χ1v) is 9.24. The third-order valence-electron chi connectivity index (χ3n) is 4.51. The Hall–Kier alpha value is -2.65. The van der Waals surface area contributed by atoms with E-state index in [-0.39, 0.29) is 0 Å². The van der Waals surface area contributed by atoms with E-state index in [1.807, 2.05) is 36.4 Å². The Labute approximate surface area is 166 Å². The number of hydrogen-bond donors (Lipinski definition) is 0. The molecular formula is C23H24ClNO2. The maximum absolute atomic E-state index is 6.54. The van der Waals surface area contributed by atoms with Crippen LogP contribution < -0.4 is 14.4 Å². The van der Waals surface area contributed by atoms with E-state index >= 15 is 0 Å². The quantitative estimate of drug-likeness (QED) is 0.510. The summed E-state index contributed by atoms with van der Waals surface area (Å²) in [7, 11) is 3.36. The topological polar surface area (TPSA) is 21.7 Å². The number of ether oxygens (including phenoxy) is 2. The lowest BCUT2D eigenvalue weighted by Crippen LogP contribution is -2.22. The molecule has 0 atom stereocenters. The standard InChI is InChI=1S/C23H24ClNO2/c1-17-4-13-22(24)23(14-17)25(15-18-5-9-20(26-2)10-6-18)16-19-7-11-21(27-3)12-8-19/h4-14H,15-16H2,1-3H3. The van der Waals surface area contributed by atoms with Gasteiger partial charge in [0.05, 0.1) is 24.9 Å². The number of halogens is 1. The maximum Gasteiger partial charge on any atom is 0.118 e. The Morgan fingerprint density at radius 3 is 1.67 bits per heavy atom. The third-order valence-corrected chi connectivity index (χ3v) is 4.83. The molecule has 3 rings (SSSR count). The molecule has 0 amide bonds. The Morgan fingerprint density at radius 2 is 1.22 bits per heavy atom. The largest absolute Gasteiger partial charge is 0.497 e. The van der Waals surface area contributed by atoms with Crippen LogP contribution >= 0.6 is 11.6 Å². The fourth-order valence-corrected chi connectivity index (χ4v) is 3.23. The molecule has 0 bridgehead atoms. The van der Waals surface area contributed by atoms with Crippen molar-refractivity contribution in [1.82, 2.24) is 0 Å². The van der Waals surface area contributed by atoms with Crippen molar-refractivity contribution in [1.29, 1.82) is 0 Å². The fourth-order valence-electron chi connectivity index (χ4n) is 2.99. The molecule has 27 heavy (non-hydrogen) atoms. The number of rotatable bonds is 7. The molecular weight excluding hydrogens is 358 g/mol. The SMILES string of the molecule is COc1ccc(CN(Cc2ccc(OC)cc2)c2cc(C)ccc2Cl)cc1. The van der Waals surface area contributed by atoms with E-state index in [0.29, 0.717) is 0 Å². The van der Waals surface area contributed by atoms with Crippen molar-refractivity contribution in [3.63, 3.8) is 0 Å². The molecule has 0 aromatic heterocycles. The molecule has 0 aliphatic carbocycles. The van der Waals surface area contributed by atoms with E-state index in [1.54, 1.807) is 14.2 Å². The van der Waals surface area contributed by atoms with Crippen LogP contribution in [0.1, 0.15) is 16.7 Å². The molecule has 3 nitrogen and oxygen atoms in total.